The van der Waals surface area contributed by atoms with Crippen LogP contribution >= 0.6 is 11.6 Å². The number of fused-ring (bicyclic) bond motifs is 1. The largest absolute Gasteiger partial charge is 1.00 e. The first-order valence-electron chi connectivity index (χ1n) is 12.6. The average Bonchev–Trinajstić information content (AvgIpc) is 3.55. The van der Waals surface area contributed by atoms with E-state index in [9.17, 15) is 57.0 Å². The molecule has 5 rings (SSSR count). The number of hydrogen-bond donors (Lipinski definition) is 3. The molecule has 3 unspecified atom stereocenters. The van der Waals surface area contributed by atoms with E-state index in [0.717, 1.165) is 30.3 Å². The second kappa shape index (κ2) is 18.3. The van der Waals surface area contributed by atoms with Crippen LogP contribution in [0.2, 0.25) is 0 Å². The van der Waals surface area contributed by atoms with Gasteiger partial charge in [0.25, 0.3) is 10.1 Å². The number of halogens is 1. The van der Waals surface area contributed by atoms with Crippen LogP contribution in [0.25, 0.3) is 10.8 Å². The van der Waals surface area contributed by atoms with Gasteiger partial charge >= 0.3 is 118 Å². The molecule has 0 spiro atoms. The third-order valence-corrected chi connectivity index (χ3v) is 10.7. The molecular formula is C25H17ClN4Na4O13S4. The average molecular weight is 837 g/mol. The summed E-state index contributed by atoms with van der Waals surface area (Å²) in [7, 11) is -20.4. The first-order valence-corrected chi connectivity index (χ1v) is 18.7. The van der Waals surface area contributed by atoms with Crippen molar-refractivity contribution in [3.05, 3.63) is 66.7 Å². The molecule has 1 aliphatic rings. The van der Waals surface area contributed by atoms with Gasteiger partial charge in [0, 0.05) is 11.4 Å². The van der Waals surface area contributed by atoms with Crippen molar-refractivity contribution in [3.63, 3.8) is 0 Å². The molecule has 0 aliphatic heterocycles. The van der Waals surface area contributed by atoms with E-state index in [0.29, 0.717) is 12.1 Å². The SMILES string of the molecule is O=S(=O)([O-])c1cccc(NC2C(Cl)C2Nc2cc(S(=O)(=O)[O-])cc3cc(S(=O)(=O)O)c(N=Nc4ccccc4S(=O)(=O)[O-])c([O-])c23)c1.[Na+].[Na+].[Na+].[Na+]. The number of alkyl halides is 1. The van der Waals surface area contributed by atoms with Crippen LogP contribution in [0.15, 0.2) is 96.5 Å². The molecule has 0 saturated heterocycles. The van der Waals surface area contributed by atoms with Crippen LogP contribution in [0, 0.1) is 0 Å². The van der Waals surface area contributed by atoms with Gasteiger partial charge in [-0.3, -0.25) is 4.55 Å². The minimum Gasteiger partial charge on any atom is -0.870 e. The summed E-state index contributed by atoms with van der Waals surface area (Å²) < 4.78 is 139. The van der Waals surface area contributed by atoms with E-state index < -0.39 is 105 Å². The summed E-state index contributed by atoms with van der Waals surface area (Å²) >= 11 is 6.37. The van der Waals surface area contributed by atoms with Gasteiger partial charge in [0.05, 0.1) is 37.8 Å². The number of hydrogen-bond acceptors (Lipinski definition) is 16. The minimum atomic E-state index is -5.31. The van der Waals surface area contributed by atoms with Crippen LogP contribution in [0.3, 0.4) is 0 Å². The smallest absolute Gasteiger partial charge is 0.870 e. The summed E-state index contributed by atoms with van der Waals surface area (Å²) in [5.74, 6) is -1.29. The minimum absolute atomic E-state index is 0. The van der Waals surface area contributed by atoms with Crippen molar-refractivity contribution in [1.82, 2.24) is 0 Å². The summed E-state index contributed by atoms with van der Waals surface area (Å²) in [5.41, 5.74) is -1.85. The predicted octanol–water partition coefficient (Wildman–Crippen LogP) is -9.81. The van der Waals surface area contributed by atoms with Crippen molar-refractivity contribution >= 4 is 85.6 Å². The zero-order chi connectivity index (χ0) is 34.7. The van der Waals surface area contributed by atoms with E-state index in [1.165, 1.54) is 24.3 Å². The molecule has 250 valence electrons. The van der Waals surface area contributed by atoms with Crippen LogP contribution in [0.4, 0.5) is 22.7 Å². The second-order valence-corrected chi connectivity index (χ2v) is 15.9. The Balaban J connectivity index is 0.00000325. The van der Waals surface area contributed by atoms with E-state index in [1.54, 1.807) is 0 Å². The van der Waals surface area contributed by atoms with Crippen LogP contribution in [0.1, 0.15) is 0 Å². The van der Waals surface area contributed by atoms with E-state index >= 15 is 0 Å². The fraction of sp³-hybridized carbons (Fsp3) is 0.120. The molecule has 0 bridgehead atoms. The maximum absolute atomic E-state index is 13.8. The topological polar surface area (TPSA) is 298 Å². The van der Waals surface area contributed by atoms with Crippen LogP contribution in [-0.2, 0) is 40.5 Å². The Morgan fingerprint density at radius 1 is 0.667 bits per heavy atom. The van der Waals surface area contributed by atoms with E-state index in [4.69, 9.17) is 11.6 Å². The molecule has 0 heterocycles. The van der Waals surface area contributed by atoms with Crippen LogP contribution in [0.5, 0.6) is 5.75 Å². The van der Waals surface area contributed by atoms with Crippen molar-refractivity contribution in [2.45, 2.75) is 37.0 Å². The quantitative estimate of drug-likeness (QED) is 0.0578. The molecule has 4 aromatic carbocycles. The first kappa shape index (κ1) is 49.1. The van der Waals surface area contributed by atoms with Crippen LogP contribution < -0.4 is 134 Å². The van der Waals surface area contributed by atoms with Crippen molar-refractivity contribution in [3.8, 4) is 5.75 Å². The molecule has 0 amide bonds. The predicted molar refractivity (Wildman–Crippen MR) is 159 cm³/mol. The number of nitrogens with zero attached hydrogens (tertiary/aromatic N) is 2. The van der Waals surface area contributed by atoms with Gasteiger partial charge in [0.15, 0.2) is 0 Å². The zero-order valence-electron chi connectivity index (χ0n) is 26.8. The molecule has 51 heavy (non-hydrogen) atoms. The fourth-order valence-electron chi connectivity index (χ4n) is 4.57. The summed E-state index contributed by atoms with van der Waals surface area (Å²) in [6.07, 6.45) is 0. The van der Waals surface area contributed by atoms with Gasteiger partial charge < -0.3 is 29.4 Å². The van der Waals surface area contributed by atoms with Gasteiger partial charge in [-0.15, -0.1) is 21.8 Å². The van der Waals surface area contributed by atoms with Crippen molar-refractivity contribution < 1.29 is 175 Å². The van der Waals surface area contributed by atoms with Gasteiger partial charge in [-0.25, -0.2) is 25.3 Å². The molecule has 3 N–H and O–H groups in total. The monoisotopic (exact) mass is 836 g/mol. The Labute approximate surface area is 385 Å². The van der Waals surface area contributed by atoms with Crippen LogP contribution in [-0.4, -0.2) is 69.3 Å². The number of rotatable bonds is 10. The van der Waals surface area contributed by atoms with Gasteiger partial charge in [-0.2, -0.15) is 8.42 Å². The number of azo groups is 1. The van der Waals surface area contributed by atoms with E-state index in [2.05, 4.69) is 20.9 Å². The summed E-state index contributed by atoms with van der Waals surface area (Å²) in [6.45, 7) is 0. The Morgan fingerprint density at radius 3 is 1.82 bits per heavy atom. The first-order chi connectivity index (χ1) is 21.7. The normalized spacial score (nSPS) is 17.3. The molecular weight excluding hydrogens is 820 g/mol. The van der Waals surface area contributed by atoms with E-state index in [-0.39, 0.29) is 130 Å². The molecule has 4 aromatic rings. The van der Waals surface area contributed by atoms with Gasteiger partial charge in [-0.1, -0.05) is 23.9 Å². The maximum atomic E-state index is 13.8. The Hall–Kier alpha value is 0.0700. The summed E-state index contributed by atoms with van der Waals surface area (Å²) in [6, 6.07) is 9.66. The standard InChI is InChI=1S/C25H21ClN4O13S4.4Na/c26-21-23(27-13-4-3-5-14(10-13)44(32,33)34)24(21)28-17-11-15(45(35,36)37)8-12-9-19(47(41,42)43)22(25(31)20(12)17)30-29-16-6-1-2-7-18(16)46(38,39)40;;;;/h1-11,21,23-24,27-28,31H,(H,32,33,34)(H,35,36,37)(H,38,39,40)(H,41,42,43);;;;/q;4*+1/p-4. The second-order valence-electron chi connectivity index (χ2n) is 9.94. The number of anilines is 2. The van der Waals surface area contributed by atoms with Gasteiger partial charge in [-0.05, 0) is 59.3 Å². The van der Waals surface area contributed by atoms with E-state index in [1.807, 2.05) is 0 Å². The van der Waals surface area contributed by atoms with Gasteiger partial charge in [0.1, 0.15) is 40.9 Å². The number of nitrogens with one attached hydrogen (secondary N) is 2. The maximum Gasteiger partial charge on any atom is 1.00 e. The number of benzene rings is 4. The van der Waals surface area contributed by atoms with Crippen molar-refractivity contribution in [2.24, 2.45) is 10.2 Å². The molecule has 3 atom stereocenters. The molecule has 1 fully saturated rings. The molecule has 26 heteroatoms. The third kappa shape index (κ3) is 11.6. The third-order valence-electron chi connectivity index (χ3n) is 6.77. The fourth-order valence-corrected chi connectivity index (χ4v) is 7.24. The zero-order valence-corrected chi connectivity index (χ0v) is 38.9. The Kier molecular flexibility index (Phi) is 17.7. The molecule has 0 aromatic heterocycles. The summed E-state index contributed by atoms with van der Waals surface area (Å²) in [4.78, 5) is -3.51. The Bertz CT molecular complexity index is 2440. The molecule has 0 radical (unpaired) electrons. The molecule has 1 saturated carbocycles. The van der Waals surface area contributed by atoms with Crippen molar-refractivity contribution in [2.75, 3.05) is 10.6 Å². The van der Waals surface area contributed by atoms with Crippen molar-refractivity contribution in [1.29, 1.82) is 0 Å². The molecule has 1 aliphatic carbocycles. The molecule has 17 nitrogen and oxygen atoms in total. The van der Waals surface area contributed by atoms with Gasteiger partial charge in [0.2, 0.25) is 0 Å². The Morgan fingerprint density at radius 2 is 1.25 bits per heavy atom. The summed E-state index contributed by atoms with van der Waals surface area (Å²) in [5, 5.41) is 24.8.